The van der Waals surface area contributed by atoms with Gasteiger partial charge in [-0.15, -0.1) is 0 Å². The molecule has 162 valence electrons. The quantitative estimate of drug-likeness (QED) is 0.777. The van der Waals surface area contributed by atoms with Crippen LogP contribution in [0.4, 0.5) is 4.79 Å². The van der Waals surface area contributed by atoms with Crippen molar-refractivity contribution < 1.29 is 9.53 Å². The summed E-state index contributed by atoms with van der Waals surface area (Å²) in [5, 5.41) is 3.64. The van der Waals surface area contributed by atoms with E-state index in [-0.39, 0.29) is 11.5 Å². The number of likely N-dealkylation sites (tertiary alicyclic amines) is 2. The number of nitrogens with one attached hydrogen (secondary N) is 1. The van der Waals surface area contributed by atoms with E-state index >= 15 is 0 Å². The zero-order valence-corrected chi connectivity index (χ0v) is 18.8. The van der Waals surface area contributed by atoms with E-state index < -0.39 is 5.60 Å². The normalized spacial score (nSPS) is 31.9. The largest absolute Gasteiger partial charge is 0.444 e. The Labute approximate surface area is 171 Å². The Kier molecular flexibility index (Phi) is 6.93. The molecule has 0 bridgehead atoms. The second-order valence-corrected chi connectivity index (χ2v) is 10.2. The maximum Gasteiger partial charge on any atom is 0.410 e. The van der Waals surface area contributed by atoms with Crippen LogP contribution in [0.3, 0.4) is 0 Å². The molecule has 0 radical (unpaired) electrons. The molecule has 1 N–H and O–H groups in total. The van der Waals surface area contributed by atoms with Gasteiger partial charge >= 0.3 is 6.09 Å². The van der Waals surface area contributed by atoms with Crippen LogP contribution in [0.5, 0.6) is 0 Å². The molecule has 3 saturated heterocycles. The van der Waals surface area contributed by atoms with Crippen molar-refractivity contribution in [1.82, 2.24) is 20.0 Å². The molecule has 1 amide bonds. The lowest BCUT2D eigenvalue weighted by molar-refractivity contribution is 0.0270. The minimum atomic E-state index is -0.417. The minimum Gasteiger partial charge on any atom is -0.444 e. The second kappa shape index (κ2) is 8.88. The topological polar surface area (TPSA) is 48.0 Å². The lowest BCUT2D eigenvalue weighted by Gasteiger charge is -2.41. The summed E-state index contributed by atoms with van der Waals surface area (Å²) >= 11 is 0. The zero-order chi connectivity index (χ0) is 20.4. The third-order valence-corrected chi connectivity index (χ3v) is 7.00. The third kappa shape index (κ3) is 5.19. The molecule has 0 aromatic carbocycles. The van der Waals surface area contributed by atoms with Gasteiger partial charge in [-0.1, -0.05) is 13.8 Å². The maximum atomic E-state index is 12.5. The molecule has 6 heteroatoms. The fraction of sp³-hybridized carbons (Fsp3) is 0.955. The van der Waals surface area contributed by atoms with Crippen molar-refractivity contribution in [1.29, 1.82) is 0 Å². The highest BCUT2D eigenvalue weighted by Crippen LogP contribution is 2.41. The molecule has 0 aliphatic carbocycles. The van der Waals surface area contributed by atoms with Crippen LogP contribution >= 0.6 is 0 Å². The van der Waals surface area contributed by atoms with Crippen LogP contribution in [0.1, 0.15) is 53.9 Å². The van der Waals surface area contributed by atoms with Gasteiger partial charge in [0.15, 0.2) is 0 Å². The Morgan fingerprint density at radius 2 is 1.89 bits per heavy atom. The predicted molar refractivity (Wildman–Crippen MR) is 114 cm³/mol. The molecule has 6 nitrogen and oxygen atoms in total. The van der Waals surface area contributed by atoms with Gasteiger partial charge in [0.2, 0.25) is 0 Å². The van der Waals surface area contributed by atoms with E-state index in [1.807, 2.05) is 25.7 Å². The summed E-state index contributed by atoms with van der Waals surface area (Å²) in [6, 6.07) is 0.629. The van der Waals surface area contributed by atoms with Crippen molar-refractivity contribution in [2.45, 2.75) is 65.5 Å². The lowest BCUT2D eigenvalue weighted by atomic mass is 9.86. The molecule has 3 fully saturated rings. The highest BCUT2D eigenvalue weighted by Gasteiger charge is 2.48. The van der Waals surface area contributed by atoms with Crippen LogP contribution in [-0.2, 0) is 4.74 Å². The molecule has 3 aliphatic rings. The molecular formula is C22H42N4O2. The summed E-state index contributed by atoms with van der Waals surface area (Å²) in [6.07, 6.45) is 3.46. The van der Waals surface area contributed by atoms with Gasteiger partial charge in [0.25, 0.3) is 0 Å². The number of carbonyl (C=O) groups excluding carboxylic acids is 1. The SMILES string of the molecule is CCN(CC)CC1CCNCC1N1CCC2(CCN(C(=O)OC(C)(C)C)C2)C1. The summed E-state index contributed by atoms with van der Waals surface area (Å²) in [5.74, 6) is 0.750. The average molecular weight is 395 g/mol. The first-order valence-electron chi connectivity index (χ1n) is 11.4. The summed E-state index contributed by atoms with van der Waals surface area (Å²) < 4.78 is 5.61. The summed E-state index contributed by atoms with van der Waals surface area (Å²) in [6.45, 7) is 20.1. The fourth-order valence-electron chi connectivity index (χ4n) is 5.35. The summed E-state index contributed by atoms with van der Waals surface area (Å²) in [5.41, 5.74) is -0.145. The van der Waals surface area contributed by atoms with Crippen LogP contribution in [0.15, 0.2) is 0 Å². The standard InChI is InChI=1S/C22H42N4O2/c1-6-24(7-2)15-18-8-11-23-14-19(18)25-12-9-22(16-25)10-13-26(17-22)20(27)28-21(3,4)5/h18-19,23H,6-17H2,1-5H3. The molecule has 1 spiro atoms. The van der Waals surface area contributed by atoms with E-state index in [0.29, 0.717) is 6.04 Å². The number of piperidine rings is 1. The second-order valence-electron chi connectivity index (χ2n) is 10.2. The first-order chi connectivity index (χ1) is 13.3. The molecule has 3 unspecified atom stereocenters. The number of ether oxygens (including phenoxy) is 1. The first-order valence-corrected chi connectivity index (χ1v) is 11.4. The Balaban J connectivity index is 1.58. The Bertz CT molecular complexity index is 531. The van der Waals surface area contributed by atoms with Crippen molar-refractivity contribution in [3.63, 3.8) is 0 Å². The molecule has 0 saturated carbocycles. The highest BCUT2D eigenvalue weighted by atomic mass is 16.6. The molecule has 3 rings (SSSR count). The summed E-state index contributed by atoms with van der Waals surface area (Å²) in [7, 11) is 0. The maximum absolute atomic E-state index is 12.5. The Morgan fingerprint density at radius 3 is 2.57 bits per heavy atom. The summed E-state index contributed by atoms with van der Waals surface area (Å²) in [4.78, 5) is 19.8. The van der Waals surface area contributed by atoms with Gasteiger partial charge in [-0.2, -0.15) is 0 Å². The van der Waals surface area contributed by atoms with Gasteiger partial charge in [-0.05, 0) is 72.1 Å². The molecule has 3 atom stereocenters. The van der Waals surface area contributed by atoms with E-state index in [0.717, 1.165) is 58.2 Å². The number of hydrogen-bond donors (Lipinski definition) is 1. The average Bonchev–Trinajstić information content (AvgIpc) is 3.26. The molecule has 3 heterocycles. The van der Waals surface area contributed by atoms with Crippen LogP contribution in [0.25, 0.3) is 0 Å². The van der Waals surface area contributed by atoms with Crippen LogP contribution in [-0.4, -0.2) is 91.3 Å². The van der Waals surface area contributed by atoms with Gasteiger partial charge in [-0.3, -0.25) is 4.90 Å². The number of rotatable bonds is 5. The smallest absolute Gasteiger partial charge is 0.410 e. The van der Waals surface area contributed by atoms with Crippen molar-refractivity contribution in [3.05, 3.63) is 0 Å². The number of hydrogen-bond acceptors (Lipinski definition) is 5. The van der Waals surface area contributed by atoms with E-state index in [1.54, 1.807) is 0 Å². The lowest BCUT2D eigenvalue weighted by Crippen LogP contribution is -2.54. The van der Waals surface area contributed by atoms with Gasteiger partial charge in [0, 0.05) is 44.2 Å². The number of carbonyl (C=O) groups is 1. The number of nitrogens with zero attached hydrogens (tertiary/aromatic N) is 3. The molecule has 28 heavy (non-hydrogen) atoms. The van der Waals surface area contributed by atoms with Gasteiger partial charge in [0.05, 0.1) is 0 Å². The van der Waals surface area contributed by atoms with Crippen molar-refractivity contribution in [2.24, 2.45) is 11.3 Å². The van der Waals surface area contributed by atoms with Gasteiger partial charge < -0.3 is 19.9 Å². The zero-order valence-electron chi connectivity index (χ0n) is 18.8. The first kappa shape index (κ1) is 21.8. The van der Waals surface area contributed by atoms with Gasteiger partial charge in [-0.25, -0.2) is 4.79 Å². The molecule has 3 aliphatic heterocycles. The number of amides is 1. The molecular weight excluding hydrogens is 352 g/mol. The van der Waals surface area contributed by atoms with Crippen molar-refractivity contribution in [3.8, 4) is 0 Å². The van der Waals surface area contributed by atoms with Gasteiger partial charge in [0.1, 0.15) is 5.60 Å². The van der Waals surface area contributed by atoms with Crippen LogP contribution < -0.4 is 5.32 Å². The molecule has 0 aromatic heterocycles. The third-order valence-electron chi connectivity index (χ3n) is 7.00. The van der Waals surface area contributed by atoms with E-state index in [2.05, 4.69) is 29.0 Å². The van der Waals surface area contributed by atoms with E-state index in [4.69, 9.17) is 4.74 Å². The van der Waals surface area contributed by atoms with E-state index in [1.165, 1.54) is 25.9 Å². The predicted octanol–water partition coefficient (Wildman–Crippen LogP) is 2.64. The minimum absolute atomic E-state index is 0.137. The fourth-order valence-corrected chi connectivity index (χ4v) is 5.35. The van der Waals surface area contributed by atoms with E-state index in [9.17, 15) is 4.79 Å². The van der Waals surface area contributed by atoms with Crippen molar-refractivity contribution in [2.75, 3.05) is 58.9 Å². The molecule has 0 aromatic rings. The van der Waals surface area contributed by atoms with Crippen LogP contribution in [0.2, 0.25) is 0 Å². The van der Waals surface area contributed by atoms with Crippen molar-refractivity contribution >= 4 is 6.09 Å². The Hall–Kier alpha value is -0.850. The highest BCUT2D eigenvalue weighted by molar-refractivity contribution is 5.68. The van der Waals surface area contributed by atoms with Crippen LogP contribution in [0, 0.1) is 11.3 Å². The monoisotopic (exact) mass is 394 g/mol. The Morgan fingerprint density at radius 1 is 1.18 bits per heavy atom.